The molecule has 6 nitrogen and oxygen atoms in total. The molecular formula is C19H14F4N3O3+. The highest BCUT2D eigenvalue weighted by Crippen LogP contribution is 2.36. The molecule has 0 bridgehead atoms. The lowest BCUT2D eigenvalue weighted by Crippen LogP contribution is -2.19. The van der Waals surface area contributed by atoms with Gasteiger partial charge in [0.25, 0.3) is 12.1 Å². The van der Waals surface area contributed by atoms with Crippen molar-refractivity contribution in [3.63, 3.8) is 0 Å². The summed E-state index contributed by atoms with van der Waals surface area (Å²) >= 11 is 0. The van der Waals surface area contributed by atoms with Crippen LogP contribution in [0.2, 0.25) is 0 Å². The molecule has 0 atom stereocenters. The molecule has 0 unspecified atom stereocenters. The van der Waals surface area contributed by atoms with Crippen molar-refractivity contribution >= 4 is 11.6 Å². The summed E-state index contributed by atoms with van der Waals surface area (Å²) < 4.78 is 58.5. The lowest BCUT2D eigenvalue weighted by Gasteiger charge is -2.15. The van der Waals surface area contributed by atoms with E-state index in [0.717, 1.165) is 30.5 Å². The molecule has 1 amide bonds. The molecule has 0 radical (unpaired) electrons. The summed E-state index contributed by atoms with van der Waals surface area (Å²) in [7, 11) is 0. The maximum absolute atomic E-state index is 13.3. The highest BCUT2D eigenvalue weighted by Gasteiger charge is 2.32. The van der Waals surface area contributed by atoms with Gasteiger partial charge in [0, 0.05) is 6.07 Å². The first-order chi connectivity index (χ1) is 13.6. The van der Waals surface area contributed by atoms with Crippen LogP contribution in [0.25, 0.3) is 0 Å². The summed E-state index contributed by atoms with van der Waals surface area (Å²) in [4.78, 5) is 23.6. The molecule has 29 heavy (non-hydrogen) atoms. The minimum absolute atomic E-state index is 0.0974. The first-order valence-electron chi connectivity index (χ1n) is 8.21. The number of ether oxygens (including phenoxy) is 1. The number of carbonyl (C=O) groups is 1. The molecule has 1 aromatic heterocycles. The second-order valence-corrected chi connectivity index (χ2v) is 6.05. The number of carbonyl (C=O) groups excluding carboxylic acids is 1. The van der Waals surface area contributed by atoms with Crippen LogP contribution in [-0.2, 0) is 6.18 Å². The summed E-state index contributed by atoms with van der Waals surface area (Å²) in [5.41, 5.74) is -0.637. The van der Waals surface area contributed by atoms with Gasteiger partial charge < -0.3 is 10.1 Å². The van der Waals surface area contributed by atoms with Crippen molar-refractivity contribution < 1.29 is 31.6 Å². The lowest BCUT2D eigenvalue weighted by atomic mass is 10.1. The topological polar surface area (TPSA) is 77.1 Å². The van der Waals surface area contributed by atoms with Crippen LogP contribution in [-0.4, -0.2) is 11.0 Å². The molecule has 0 aliphatic carbocycles. The number of anilines is 1. The van der Waals surface area contributed by atoms with Gasteiger partial charge in [-0.2, -0.15) is 13.2 Å². The summed E-state index contributed by atoms with van der Waals surface area (Å²) in [5.74, 6) is -1.55. The third-order valence-electron chi connectivity index (χ3n) is 3.91. The molecule has 150 valence electrons. The summed E-state index contributed by atoms with van der Waals surface area (Å²) in [5, 5.41) is 4.73. The summed E-state index contributed by atoms with van der Waals surface area (Å²) in [6, 6.07) is 7.23. The number of nitrogens with zero attached hydrogens (tertiary/aromatic N) is 1. The number of hydrogen-bond acceptors (Lipinski definition) is 3. The fourth-order valence-electron chi connectivity index (χ4n) is 2.46. The number of benzene rings is 2. The number of aromatic nitrogens is 2. The minimum Gasteiger partial charge on any atom is -0.456 e. The van der Waals surface area contributed by atoms with Crippen molar-refractivity contribution in [2.75, 3.05) is 5.32 Å². The Morgan fingerprint density at radius 1 is 1.10 bits per heavy atom. The van der Waals surface area contributed by atoms with Crippen LogP contribution in [0, 0.1) is 17.6 Å². The normalized spacial score (nSPS) is 11.2. The van der Waals surface area contributed by atoms with Gasteiger partial charge in [-0.25, -0.2) is 4.39 Å². The van der Waals surface area contributed by atoms with Gasteiger partial charge in [-0.3, -0.25) is 4.79 Å². The number of H-pyrrole nitrogens is 1. The van der Waals surface area contributed by atoms with E-state index >= 15 is 0 Å². The van der Waals surface area contributed by atoms with E-state index in [9.17, 15) is 27.3 Å². The Balaban J connectivity index is 1.99. The third-order valence-corrected chi connectivity index (χ3v) is 3.91. The van der Waals surface area contributed by atoms with Crippen LogP contribution in [0.5, 0.6) is 11.5 Å². The van der Waals surface area contributed by atoms with E-state index in [1.807, 2.05) is 0 Å². The van der Waals surface area contributed by atoms with E-state index in [-0.39, 0.29) is 22.7 Å². The van der Waals surface area contributed by atoms with Gasteiger partial charge in [0.1, 0.15) is 17.3 Å². The number of halogens is 4. The fraction of sp³-hybridized carbons (Fsp3) is 0.105. The van der Waals surface area contributed by atoms with Crippen molar-refractivity contribution in [2.24, 2.45) is 0 Å². The largest absolute Gasteiger partial charge is 0.456 e. The second kappa shape index (κ2) is 7.74. The van der Waals surface area contributed by atoms with Crippen LogP contribution in [0.15, 0.2) is 54.9 Å². The molecule has 0 aliphatic heterocycles. The Labute approximate surface area is 161 Å². The molecule has 0 spiro atoms. The van der Waals surface area contributed by atoms with Gasteiger partial charge in [-0.15, -0.1) is 5.10 Å². The van der Waals surface area contributed by atoms with E-state index in [1.54, 1.807) is 0 Å². The van der Waals surface area contributed by atoms with Gasteiger partial charge >= 0.3 is 6.18 Å². The van der Waals surface area contributed by atoms with Gasteiger partial charge in [0.15, 0.2) is 4.54 Å². The van der Waals surface area contributed by atoms with E-state index in [0.29, 0.717) is 16.2 Å². The number of aromatic amines is 1. The van der Waals surface area contributed by atoms with Crippen molar-refractivity contribution in [2.45, 2.75) is 13.1 Å². The summed E-state index contributed by atoms with van der Waals surface area (Å²) in [6.07, 6.45) is -2.34. The number of hydrogen-bond donors (Lipinski definition) is 2. The molecule has 3 rings (SSSR count). The number of alkyl halides is 3. The molecule has 2 aromatic carbocycles. The van der Waals surface area contributed by atoms with Gasteiger partial charge in [0.2, 0.25) is 0 Å². The fourth-order valence-corrected chi connectivity index (χ4v) is 2.46. The van der Waals surface area contributed by atoms with Crippen molar-refractivity contribution in [3.05, 3.63) is 82.3 Å². The number of nitrogens with one attached hydrogen (secondary N) is 2. The molecule has 0 saturated carbocycles. The smallest absolute Gasteiger partial charge is 0.416 e. The zero-order valence-corrected chi connectivity index (χ0v) is 14.9. The molecule has 0 saturated heterocycles. The van der Waals surface area contributed by atoms with E-state index in [1.165, 1.54) is 25.3 Å². The molecule has 3 aromatic rings. The predicted molar refractivity (Wildman–Crippen MR) is 94.8 cm³/mol. The number of rotatable bonds is 4. The Morgan fingerprint density at radius 3 is 2.48 bits per heavy atom. The quantitative estimate of drug-likeness (QED) is 0.495. The van der Waals surface area contributed by atoms with Crippen LogP contribution in [0.3, 0.4) is 0 Å². The Hall–Kier alpha value is -3.69. The van der Waals surface area contributed by atoms with Crippen molar-refractivity contribution in [3.8, 4) is 11.5 Å². The maximum atomic E-state index is 13.3. The van der Waals surface area contributed by atoms with Crippen LogP contribution < -0.4 is 14.6 Å². The number of aryl methyl sites for hydroxylation is 1. The van der Waals surface area contributed by atoms with Crippen LogP contribution in [0.4, 0.5) is 23.2 Å². The molecule has 0 aliphatic rings. The lowest BCUT2D eigenvalue weighted by molar-refractivity contribution is -0.564. The van der Waals surface area contributed by atoms with Gasteiger partial charge in [0.05, 0.1) is 27.9 Å². The van der Waals surface area contributed by atoms with Crippen molar-refractivity contribution in [1.82, 2.24) is 5.10 Å². The molecular weight excluding hydrogens is 394 g/mol. The Kier molecular flexibility index (Phi) is 5.35. The number of amides is 1. The first-order valence-corrected chi connectivity index (χ1v) is 8.21. The zero-order chi connectivity index (χ0) is 21.2. The third kappa shape index (κ3) is 4.78. The monoisotopic (exact) mass is 408 g/mol. The zero-order valence-electron chi connectivity index (χ0n) is 14.9. The average Bonchev–Trinajstić information content (AvgIpc) is 2.65. The molecule has 2 N–H and O–H groups in total. The standard InChI is InChI=1S/C19H13F4N3O3/c1-11-8-13(20)3-5-16(11)29-17-9-12(19(21,22)23)2-4-15(17)18(27)25-14-6-7-26(28)24-10-14/h2-10H,1H3,(H-,24,25,27,28)/p+1. The molecule has 10 heteroatoms. The maximum Gasteiger partial charge on any atom is 0.416 e. The van der Waals surface area contributed by atoms with Gasteiger partial charge in [-0.1, -0.05) is 0 Å². The second-order valence-electron chi connectivity index (χ2n) is 6.05. The summed E-state index contributed by atoms with van der Waals surface area (Å²) in [6.45, 7) is 1.52. The minimum atomic E-state index is -4.65. The Bertz CT molecular complexity index is 1110. The Morgan fingerprint density at radius 2 is 1.86 bits per heavy atom. The highest BCUT2D eigenvalue weighted by molar-refractivity contribution is 6.06. The highest BCUT2D eigenvalue weighted by atomic mass is 19.4. The van der Waals surface area contributed by atoms with E-state index in [2.05, 4.69) is 10.4 Å². The van der Waals surface area contributed by atoms with Crippen LogP contribution >= 0.6 is 0 Å². The SMILES string of the molecule is Cc1cc(F)ccc1Oc1cc(C(F)(F)F)ccc1C(=O)Nc1cc[n+](=O)[nH]c1. The van der Waals surface area contributed by atoms with Crippen molar-refractivity contribution in [1.29, 1.82) is 0 Å². The van der Waals surface area contributed by atoms with E-state index in [4.69, 9.17) is 4.74 Å². The molecule has 0 fully saturated rings. The van der Waals surface area contributed by atoms with Crippen LogP contribution in [0.1, 0.15) is 21.5 Å². The molecule has 1 heterocycles. The average molecular weight is 408 g/mol. The van der Waals surface area contributed by atoms with E-state index < -0.39 is 23.5 Å². The first kappa shape index (κ1) is 20.1. The van der Waals surface area contributed by atoms with Gasteiger partial charge in [-0.05, 0) is 48.9 Å². The predicted octanol–water partition coefficient (Wildman–Crippen LogP) is 4.44.